The molecule has 0 aliphatic heterocycles. The molecule has 0 spiro atoms. The summed E-state index contributed by atoms with van der Waals surface area (Å²) in [6.07, 6.45) is 0.661. The molecule has 0 saturated carbocycles. The smallest absolute Gasteiger partial charge is 0.344 e. The van der Waals surface area contributed by atoms with E-state index in [1.54, 1.807) is 24.3 Å². The lowest BCUT2D eigenvalue weighted by atomic mass is 10.0. The van der Waals surface area contributed by atoms with Gasteiger partial charge in [-0.3, -0.25) is 4.79 Å². The van der Waals surface area contributed by atoms with E-state index in [1.807, 2.05) is 24.3 Å². The average Bonchev–Trinajstić information content (AvgIpc) is 3.20. The normalized spacial score (nSPS) is 10.7. The molecule has 0 amide bonds. The van der Waals surface area contributed by atoms with E-state index in [0.717, 1.165) is 5.56 Å². The number of rotatable bonds is 8. The van der Waals surface area contributed by atoms with E-state index in [2.05, 4.69) is 24.0 Å². The average molecular weight is 380 g/mol. The Bertz CT molecular complexity index is 947. The monoisotopic (exact) mass is 380 g/mol. The van der Waals surface area contributed by atoms with Crippen LogP contribution in [0.15, 0.2) is 53.1 Å². The van der Waals surface area contributed by atoms with Crippen molar-refractivity contribution >= 4 is 12.3 Å². The van der Waals surface area contributed by atoms with Crippen LogP contribution in [0, 0.1) is 0 Å². The molecule has 0 N–H and O–H groups in total. The van der Waals surface area contributed by atoms with Crippen LogP contribution in [-0.2, 0) is 16.1 Å². The van der Waals surface area contributed by atoms with Crippen molar-refractivity contribution in [1.29, 1.82) is 0 Å². The molecule has 1 heterocycles. The van der Waals surface area contributed by atoms with Crippen LogP contribution in [0.2, 0.25) is 0 Å². The predicted molar refractivity (Wildman–Crippen MR) is 101 cm³/mol. The van der Waals surface area contributed by atoms with Gasteiger partial charge in [-0.05, 0) is 23.6 Å². The van der Waals surface area contributed by atoms with Crippen LogP contribution in [-0.4, -0.2) is 29.0 Å². The number of nitrogens with zero attached hydrogens (tertiary/aromatic N) is 2. The fourth-order valence-corrected chi connectivity index (χ4v) is 2.48. The van der Waals surface area contributed by atoms with Crippen LogP contribution < -0.4 is 4.74 Å². The van der Waals surface area contributed by atoms with E-state index in [-0.39, 0.29) is 19.1 Å². The molecule has 0 atom stereocenters. The number of hydrogen-bond donors (Lipinski definition) is 0. The Morgan fingerprint density at radius 2 is 1.89 bits per heavy atom. The van der Waals surface area contributed by atoms with Gasteiger partial charge in [-0.1, -0.05) is 55.4 Å². The summed E-state index contributed by atoms with van der Waals surface area (Å²) in [7, 11) is 0. The minimum absolute atomic E-state index is 0.158. The predicted octanol–water partition coefficient (Wildman–Crippen LogP) is 3.79. The maximum Gasteiger partial charge on any atom is 0.344 e. The van der Waals surface area contributed by atoms with Gasteiger partial charge in [-0.15, -0.1) is 0 Å². The van der Waals surface area contributed by atoms with E-state index in [1.165, 1.54) is 5.56 Å². The number of ether oxygens (including phenoxy) is 2. The first-order valence-electron chi connectivity index (χ1n) is 8.82. The van der Waals surface area contributed by atoms with Crippen molar-refractivity contribution in [3.63, 3.8) is 0 Å². The molecule has 28 heavy (non-hydrogen) atoms. The van der Waals surface area contributed by atoms with Gasteiger partial charge in [0.05, 0.1) is 5.56 Å². The number of aromatic nitrogens is 2. The molecular formula is C21H20N2O5. The molecule has 7 nitrogen and oxygen atoms in total. The Hall–Kier alpha value is -3.48. The number of esters is 1. The van der Waals surface area contributed by atoms with E-state index in [0.29, 0.717) is 29.3 Å². The van der Waals surface area contributed by atoms with Crippen LogP contribution in [0.1, 0.15) is 41.6 Å². The minimum atomic E-state index is -0.610. The molecule has 0 aliphatic carbocycles. The molecule has 0 fully saturated rings. The van der Waals surface area contributed by atoms with Crippen molar-refractivity contribution in [2.75, 3.05) is 6.61 Å². The highest BCUT2D eigenvalue weighted by molar-refractivity contribution is 5.79. The lowest BCUT2D eigenvalue weighted by Gasteiger charge is -2.07. The molecular weight excluding hydrogens is 360 g/mol. The first-order chi connectivity index (χ1) is 13.6. The highest BCUT2D eigenvalue weighted by Crippen LogP contribution is 2.21. The van der Waals surface area contributed by atoms with Crippen LogP contribution in [0.4, 0.5) is 0 Å². The van der Waals surface area contributed by atoms with E-state index < -0.39 is 5.97 Å². The molecule has 7 heteroatoms. The molecule has 0 saturated heterocycles. The molecule has 0 radical (unpaired) electrons. The van der Waals surface area contributed by atoms with E-state index in [4.69, 9.17) is 14.0 Å². The number of para-hydroxylation sites is 1. The second kappa shape index (κ2) is 8.94. The van der Waals surface area contributed by atoms with Gasteiger partial charge in [0.1, 0.15) is 5.75 Å². The van der Waals surface area contributed by atoms with Gasteiger partial charge in [0.15, 0.2) is 19.5 Å². The Morgan fingerprint density at radius 3 is 2.61 bits per heavy atom. The fraction of sp³-hybridized carbons (Fsp3) is 0.238. The van der Waals surface area contributed by atoms with Crippen molar-refractivity contribution in [2.45, 2.75) is 26.4 Å². The number of carbonyl (C=O) groups is 2. The van der Waals surface area contributed by atoms with Gasteiger partial charge < -0.3 is 14.0 Å². The fourth-order valence-electron chi connectivity index (χ4n) is 2.48. The van der Waals surface area contributed by atoms with Gasteiger partial charge >= 0.3 is 5.97 Å². The first-order valence-corrected chi connectivity index (χ1v) is 8.82. The Labute approximate surface area is 162 Å². The zero-order valence-corrected chi connectivity index (χ0v) is 15.6. The number of aldehydes is 1. The maximum absolute atomic E-state index is 11.8. The van der Waals surface area contributed by atoms with Crippen molar-refractivity contribution < 1.29 is 23.6 Å². The summed E-state index contributed by atoms with van der Waals surface area (Å²) in [5.74, 6) is 0.762. The zero-order chi connectivity index (χ0) is 19.9. The topological polar surface area (TPSA) is 91.5 Å². The van der Waals surface area contributed by atoms with Gasteiger partial charge in [-0.25, -0.2) is 4.79 Å². The largest absolute Gasteiger partial charge is 0.481 e. The number of benzene rings is 2. The molecule has 144 valence electrons. The first kappa shape index (κ1) is 19.3. The van der Waals surface area contributed by atoms with E-state index >= 15 is 0 Å². The highest BCUT2D eigenvalue weighted by atomic mass is 16.6. The standard InChI is InChI=1S/C21H20N2O5/c1-14(2)15-7-9-16(10-8-15)21-22-19(28-23-21)12-27-20(25)13-26-18-6-4-3-5-17(18)11-24/h3-11,14H,12-13H2,1-2H3. The van der Waals surface area contributed by atoms with Gasteiger partial charge in [0.2, 0.25) is 5.82 Å². The molecule has 0 unspecified atom stereocenters. The van der Waals surface area contributed by atoms with Crippen molar-refractivity contribution in [1.82, 2.24) is 10.1 Å². The third-order valence-electron chi connectivity index (χ3n) is 4.05. The Balaban J connectivity index is 1.52. The highest BCUT2D eigenvalue weighted by Gasteiger charge is 2.13. The molecule has 2 aromatic carbocycles. The molecule has 3 aromatic rings. The zero-order valence-electron chi connectivity index (χ0n) is 15.6. The summed E-state index contributed by atoms with van der Waals surface area (Å²) in [5.41, 5.74) is 2.40. The molecule has 1 aromatic heterocycles. The second-order valence-electron chi connectivity index (χ2n) is 6.39. The molecule has 0 bridgehead atoms. The van der Waals surface area contributed by atoms with Crippen LogP contribution in [0.3, 0.4) is 0 Å². The summed E-state index contributed by atoms with van der Waals surface area (Å²) in [4.78, 5) is 27.0. The third-order valence-corrected chi connectivity index (χ3v) is 4.05. The maximum atomic E-state index is 11.8. The summed E-state index contributed by atoms with van der Waals surface area (Å²) >= 11 is 0. The molecule has 0 aliphatic rings. The van der Waals surface area contributed by atoms with Crippen LogP contribution in [0.25, 0.3) is 11.4 Å². The van der Waals surface area contributed by atoms with E-state index in [9.17, 15) is 9.59 Å². The lowest BCUT2D eigenvalue weighted by Crippen LogP contribution is -2.15. The SMILES string of the molecule is CC(C)c1ccc(-c2noc(COC(=O)COc3ccccc3C=O)n2)cc1. The van der Waals surface area contributed by atoms with Crippen molar-refractivity contribution in [3.8, 4) is 17.1 Å². The van der Waals surface area contributed by atoms with Gasteiger partial charge in [-0.2, -0.15) is 4.98 Å². The van der Waals surface area contributed by atoms with Gasteiger partial charge in [0.25, 0.3) is 5.89 Å². The van der Waals surface area contributed by atoms with Gasteiger partial charge in [0, 0.05) is 5.56 Å². The second-order valence-corrected chi connectivity index (χ2v) is 6.39. The van der Waals surface area contributed by atoms with Crippen LogP contribution in [0.5, 0.6) is 5.75 Å². The van der Waals surface area contributed by atoms with Crippen molar-refractivity contribution in [3.05, 3.63) is 65.5 Å². The number of hydrogen-bond acceptors (Lipinski definition) is 7. The number of carbonyl (C=O) groups excluding carboxylic acids is 2. The van der Waals surface area contributed by atoms with Crippen molar-refractivity contribution in [2.24, 2.45) is 0 Å². The summed E-state index contributed by atoms with van der Waals surface area (Å²) in [6, 6.07) is 14.5. The minimum Gasteiger partial charge on any atom is -0.481 e. The van der Waals surface area contributed by atoms with Crippen LogP contribution >= 0.6 is 0 Å². The Morgan fingerprint density at radius 1 is 1.14 bits per heavy atom. The third kappa shape index (κ3) is 4.82. The lowest BCUT2D eigenvalue weighted by molar-refractivity contribution is -0.148. The Kier molecular flexibility index (Phi) is 6.16. The summed E-state index contributed by atoms with van der Waals surface area (Å²) in [5, 5.41) is 3.91. The summed E-state index contributed by atoms with van der Waals surface area (Å²) < 4.78 is 15.5. The summed E-state index contributed by atoms with van der Waals surface area (Å²) in [6.45, 7) is 3.76. The molecule has 3 rings (SSSR count). The quantitative estimate of drug-likeness (QED) is 0.433.